The van der Waals surface area contributed by atoms with Crippen LogP contribution in [0.1, 0.15) is 30.7 Å². The number of benzene rings is 2. The Morgan fingerprint density at radius 1 is 0.923 bits per heavy atom. The lowest BCUT2D eigenvalue weighted by molar-refractivity contribution is -0.0711. The van der Waals surface area contributed by atoms with Gasteiger partial charge < -0.3 is 0 Å². The van der Waals surface area contributed by atoms with Crippen LogP contribution in [0.2, 0.25) is 0 Å². The molecule has 0 amide bonds. The second-order valence-electron chi connectivity index (χ2n) is 6.69. The molecule has 4 rings (SSSR count). The van der Waals surface area contributed by atoms with Crippen LogP contribution in [0.4, 0.5) is 17.6 Å². The van der Waals surface area contributed by atoms with Crippen LogP contribution in [0.15, 0.2) is 47.5 Å². The van der Waals surface area contributed by atoms with Gasteiger partial charge in [0.05, 0.1) is 16.8 Å². The molecule has 0 saturated heterocycles. The molecule has 0 aliphatic carbocycles. The fourth-order valence-electron chi connectivity index (χ4n) is 3.09. The van der Waals surface area contributed by atoms with E-state index in [0.29, 0.717) is 17.0 Å². The molecule has 3 nitrogen and oxygen atoms in total. The molecule has 2 heterocycles. The Bertz CT molecular complexity index is 1070. The smallest absolute Gasteiger partial charge is 0.270 e. The van der Waals surface area contributed by atoms with Gasteiger partial charge in [-0.15, -0.1) is 10.2 Å². The van der Waals surface area contributed by atoms with E-state index < -0.39 is 28.7 Å². The summed E-state index contributed by atoms with van der Waals surface area (Å²) in [6, 6.07) is 10.0. The lowest BCUT2D eigenvalue weighted by Crippen LogP contribution is -2.45. The minimum Gasteiger partial charge on any atom is -0.270 e. The van der Waals surface area contributed by atoms with E-state index in [1.807, 2.05) is 0 Å². The maximum atomic E-state index is 14.8. The van der Waals surface area contributed by atoms with Gasteiger partial charge >= 0.3 is 5.92 Å². The Balaban J connectivity index is 2.03. The van der Waals surface area contributed by atoms with Crippen molar-refractivity contribution in [1.82, 2.24) is 10.2 Å². The lowest BCUT2D eigenvalue weighted by atomic mass is 9.82. The van der Waals surface area contributed by atoms with Crippen LogP contribution in [0, 0.1) is 11.6 Å². The van der Waals surface area contributed by atoms with Gasteiger partial charge in [-0.1, -0.05) is 18.2 Å². The molecule has 0 N–H and O–H groups in total. The number of fused-ring (bicyclic) bond motifs is 2. The van der Waals surface area contributed by atoms with Gasteiger partial charge in [-0.05, 0) is 32.0 Å². The predicted molar refractivity (Wildman–Crippen MR) is 89.5 cm³/mol. The Kier molecular flexibility index (Phi) is 3.41. The van der Waals surface area contributed by atoms with Crippen molar-refractivity contribution in [3.05, 3.63) is 70.9 Å². The molecule has 0 fully saturated rings. The number of hydrogen-bond acceptors (Lipinski definition) is 3. The highest BCUT2D eigenvalue weighted by atomic mass is 19.3. The van der Waals surface area contributed by atoms with Gasteiger partial charge in [-0.3, -0.25) is 4.99 Å². The van der Waals surface area contributed by atoms with Gasteiger partial charge in [0, 0.05) is 17.0 Å². The maximum Gasteiger partial charge on any atom is 0.300 e. The van der Waals surface area contributed by atoms with E-state index in [2.05, 4.69) is 15.2 Å². The van der Waals surface area contributed by atoms with Crippen LogP contribution in [0.3, 0.4) is 0 Å². The van der Waals surface area contributed by atoms with Crippen molar-refractivity contribution < 1.29 is 17.6 Å². The van der Waals surface area contributed by atoms with Crippen LogP contribution >= 0.6 is 0 Å². The zero-order valence-electron chi connectivity index (χ0n) is 13.9. The molecule has 132 valence electrons. The third-order valence-electron chi connectivity index (χ3n) is 4.52. The molecule has 0 bridgehead atoms. The number of rotatable bonds is 1. The quantitative estimate of drug-likeness (QED) is 0.594. The third kappa shape index (κ3) is 2.30. The van der Waals surface area contributed by atoms with Gasteiger partial charge in [0.1, 0.15) is 22.9 Å². The summed E-state index contributed by atoms with van der Waals surface area (Å²) < 4.78 is 57.7. The summed E-state index contributed by atoms with van der Waals surface area (Å²) in [4.78, 5) is 4.10. The van der Waals surface area contributed by atoms with Gasteiger partial charge in [0.15, 0.2) is 0 Å². The Labute approximate surface area is 146 Å². The minimum absolute atomic E-state index is 0.00687. The van der Waals surface area contributed by atoms with E-state index in [0.717, 1.165) is 6.07 Å². The van der Waals surface area contributed by atoms with Crippen LogP contribution < -0.4 is 0 Å². The summed E-state index contributed by atoms with van der Waals surface area (Å²) in [6.07, 6.45) is 0. The first kappa shape index (κ1) is 16.6. The largest absolute Gasteiger partial charge is 0.300 e. The number of aromatic nitrogens is 2. The predicted octanol–water partition coefficient (Wildman–Crippen LogP) is 4.63. The fraction of sp³-hybridized carbons (Fsp3) is 0.211. The van der Waals surface area contributed by atoms with Crippen molar-refractivity contribution in [3.63, 3.8) is 0 Å². The maximum absolute atomic E-state index is 14.8. The van der Waals surface area contributed by atoms with E-state index in [4.69, 9.17) is 0 Å². The van der Waals surface area contributed by atoms with Crippen molar-refractivity contribution in [2.75, 3.05) is 0 Å². The average Bonchev–Trinajstić information content (AvgIpc) is 2.57. The summed E-state index contributed by atoms with van der Waals surface area (Å²) in [7, 11) is 0. The lowest BCUT2D eigenvalue weighted by Gasteiger charge is -2.37. The highest BCUT2D eigenvalue weighted by Gasteiger charge is 2.54. The molecular formula is C19H13F4N3. The molecule has 26 heavy (non-hydrogen) atoms. The molecule has 1 aliphatic rings. The topological polar surface area (TPSA) is 38.1 Å². The molecule has 7 heteroatoms. The standard InChI is InChI=1S/C19H13F4N3/c1-18(2)19(22,23)16-12(8-11(20)9-13(16)21)17(24-18)15-7-10-5-3-4-6-14(10)25-26-15/h3-9H,1-2H3. The first-order chi connectivity index (χ1) is 12.2. The number of alkyl halides is 2. The Morgan fingerprint density at radius 2 is 1.65 bits per heavy atom. The second-order valence-corrected chi connectivity index (χ2v) is 6.69. The molecule has 0 spiro atoms. The van der Waals surface area contributed by atoms with Crippen LogP contribution in [-0.4, -0.2) is 21.4 Å². The summed E-state index contributed by atoms with van der Waals surface area (Å²) >= 11 is 0. The number of nitrogens with zero attached hydrogens (tertiary/aromatic N) is 3. The van der Waals surface area contributed by atoms with Gasteiger partial charge in [-0.25, -0.2) is 8.78 Å². The van der Waals surface area contributed by atoms with E-state index in [1.54, 1.807) is 30.3 Å². The first-order valence-electron chi connectivity index (χ1n) is 7.91. The molecule has 0 atom stereocenters. The second kappa shape index (κ2) is 5.33. The Morgan fingerprint density at radius 3 is 2.42 bits per heavy atom. The normalized spacial score (nSPS) is 17.7. The van der Waals surface area contributed by atoms with E-state index in [1.165, 1.54) is 13.8 Å². The Hall–Kier alpha value is -2.83. The third-order valence-corrected chi connectivity index (χ3v) is 4.52. The summed E-state index contributed by atoms with van der Waals surface area (Å²) in [5, 5.41) is 8.80. The number of aliphatic imine (C=N–C) groups is 1. The summed E-state index contributed by atoms with van der Waals surface area (Å²) in [6.45, 7) is 2.40. The van der Waals surface area contributed by atoms with Crippen molar-refractivity contribution in [2.45, 2.75) is 25.3 Å². The van der Waals surface area contributed by atoms with Crippen LogP contribution in [0.5, 0.6) is 0 Å². The zero-order valence-corrected chi connectivity index (χ0v) is 13.9. The van der Waals surface area contributed by atoms with Gasteiger partial charge in [0.25, 0.3) is 0 Å². The van der Waals surface area contributed by atoms with Crippen LogP contribution in [-0.2, 0) is 5.92 Å². The van der Waals surface area contributed by atoms with Crippen molar-refractivity contribution >= 4 is 16.6 Å². The highest BCUT2D eigenvalue weighted by Crippen LogP contribution is 2.47. The van der Waals surface area contributed by atoms with Crippen LogP contribution in [0.25, 0.3) is 10.9 Å². The molecule has 3 aromatic rings. The van der Waals surface area contributed by atoms with E-state index in [-0.39, 0.29) is 17.0 Å². The molecular weight excluding hydrogens is 346 g/mol. The van der Waals surface area contributed by atoms with Crippen molar-refractivity contribution in [2.24, 2.45) is 4.99 Å². The van der Waals surface area contributed by atoms with Gasteiger partial charge in [-0.2, -0.15) is 8.78 Å². The first-order valence-corrected chi connectivity index (χ1v) is 7.91. The molecule has 1 aromatic heterocycles. The average molecular weight is 359 g/mol. The zero-order chi connectivity index (χ0) is 18.7. The SMILES string of the molecule is CC1(C)N=C(c2cc3ccccc3nn2)c2cc(F)cc(F)c2C1(F)F. The highest BCUT2D eigenvalue weighted by molar-refractivity contribution is 6.14. The number of hydrogen-bond donors (Lipinski definition) is 0. The summed E-state index contributed by atoms with van der Waals surface area (Å²) in [5.41, 5.74) is -2.32. The summed E-state index contributed by atoms with van der Waals surface area (Å²) in [5.74, 6) is -5.87. The molecule has 0 radical (unpaired) electrons. The minimum atomic E-state index is -3.60. The molecule has 1 aliphatic heterocycles. The van der Waals surface area contributed by atoms with E-state index >= 15 is 0 Å². The molecule has 2 aromatic carbocycles. The monoisotopic (exact) mass is 359 g/mol. The number of halogens is 4. The fourth-order valence-corrected chi connectivity index (χ4v) is 3.09. The van der Waals surface area contributed by atoms with Gasteiger partial charge in [0.2, 0.25) is 0 Å². The van der Waals surface area contributed by atoms with Crippen molar-refractivity contribution in [3.8, 4) is 0 Å². The molecule has 0 saturated carbocycles. The van der Waals surface area contributed by atoms with E-state index in [9.17, 15) is 17.6 Å². The van der Waals surface area contributed by atoms with Crippen molar-refractivity contribution in [1.29, 1.82) is 0 Å². The molecule has 0 unspecified atom stereocenters.